The van der Waals surface area contributed by atoms with E-state index in [2.05, 4.69) is 79.9 Å². The lowest BCUT2D eigenvalue weighted by Crippen LogP contribution is -2.46. The summed E-state index contributed by atoms with van der Waals surface area (Å²) in [6.07, 6.45) is 53.2. The molecule has 0 aliphatic heterocycles. The van der Waals surface area contributed by atoms with Crippen LogP contribution in [0.2, 0.25) is 0 Å². The molecule has 0 saturated carbocycles. The van der Waals surface area contributed by atoms with Crippen molar-refractivity contribution < 1.29 is 22.9 Å². The average Bonchev–Trinajstić information content (AvgIpc) is 3.09. The summed E-state index contributed by atoms with van der Waals surface area (Å²) in [6, 6.07) is -1.08. The molecular formula is C44H77NO5S. The number of carbonyl (C=O) groups excluding carboxylic acids is 1. The molecular weight excluding hydrogens is 655 g/mol. The summed E-state index contributed by atoms with van der Waals surface area (Å²) in [6.45, 7) is 4.39. The van der Waals surface area contributed by atoms with Crippen LogP contribution in [0, 0.1) is 0 Å². The highest BCUT2D eigenvalue weighted by atomic mass is 32.2. The van der Waals surface area contributed by atoms with Gasteiger partial charge in [0, 0.05) is 6.42 Å². The van der Waals surface area contributed by atoms with Crippen LogP contribution in [-0.2, 0) is 14.9 Å². The predicted molar refractivity (Wildman–Crippen MR) is 221 cm³/mol. The van der Waals surface area contributed by atoms with Gasteiger partial charge in [-0.25, -0.2) is 0 Å². The van der Waals surface area contributed by atoms with E-state index >= 15 is 0 Å². The maximum Gasteiger partial charge on any atom is 0.267 e. The van der Waals surface area contributed by atoms with Crippen molar-refractivity contribution in [2.45, 2.75) is 193 Å². The third kappa shape index (κ3) is 38.8. The fourth-order valence-corrected chi connectivity index (χ4v) is 6.54. The van der Waals surface area contributed by atoms with Crippen LogP contribution in [0.15, 0.2) is 72.9 Å². The fourth-order valence-electron chi connectivity index (χ4n) is 5.81. The van der Waals surface area contributed by atoms with Crippen LogP contribution < -0.4 is 5.32 Å². The van der Waals surface area contributed by atoms with Crippen LogP contribution in [0.5, 0.6) is 0 Å². The smallest absolute Gasteiger partial charge is 0.267 e. The SMILES string of the molecule is CC/C=C\C/C=C\C/C=C\C/C=C\CCCCCCCCCCCCC(=O)NC(CS(=O)(=O)O)C(O)/C=C/CC/C=C/CCCCCCCCC. The first-order valence-corrected chi connectivity index (χ1v) is 22.2. The molecule has 2 atom stereocenters. The second kappa shape index (κ2) is 37.5. The number of aliphatic hydroxyl groups is 1. The molecule has 1 amide bonds. The van der Waals surface area contributed by atoms with Crippen molar-refractivity contribution in [1.29, 1.82) is 0 Å². The number of carbonyl (C=O) groups is 1. The molecule has 51 heavy (non-hydrogen) atoms. The van der Waals surface area contributed by atoms with Crippen molar-refractivity contribution in [2.24, 2.45) is 0 Å². The van der Waals surface area contributed by atoms with E-state index in [1.54, 1.807) is 6.08 Å². The molecule has 0 rings (SSSR count). The largest absolute Gasteiger partial charge is 0.387 e. The van der Waals surface area contributed by atoms with E-state index in [1.807, 2.05) is 0 Å². The third-order valence-corrected chi connectivity index (χ3v) is 9.65. The number of amides is 1. The fraction of sp³-hybridized carbons (Fsp3) is 0.705. The first kappa shape index (κ1) is 48.8. The molecule has 0 fully saturated rings. The van der Waals surface area contributed by atoms with Gasteiger partial charge in [0.05, 0.1) is 17.9 Å². The molecule has 0 aliphatic rings. The molecule has 3 N–H and O–H groups in total. The van der Waals surface area contributed by atoms with Crippen molar-refractivity contribution >= 4 is 16.0 Å². The van der Waals surface area contributed by atoms with E-state index in [9.17, 15) is 22.9 Å². The third-order valence-electron chi connectivity index (χ3n) is 8.87. The van der Waals surface area contributed by atoms with Gasteiger partial charge in [0.1, 0.15) is 0 Å². The van der Waals surface area contributed by atoms with Crippen LogP contribution in [0.4, 0.5) is 0 Å². The number of allylic oxidation sites excluding steroid dienone is 11. The van der Waals surface area contributed by atoms with Crippen molar-refractivity contribution in [1.82, 2.24) is 5.32 Å². The molecule has 6 nitrogen and oxygen atoms in total. The van der Waals surface area contributed by atoms with Gasteiger partial charge in [0.15, 0.2) is 0 Å². The van der Waals surface area contributed by atoms with Gasteiger partial charge in [0.25, 0.3) is 10.1 Å². The van der Waals surface area contributed by atoms with Gasteiger partial charge >= 0.3 is 0 Å². The Morgan fingerprint density at radius 2 is 0.961 bits per heavy atom. The Balaban J connectivity index is 3.92. The first-order chi connectivity index (χ1) is 24.8. The number of hydrogen-bond donors (Lipinski definition) is 3. The van der Waals surface area contributed by atoms with Crippen LogP contribution in [0.25, 0.3) is 0 Å². The molecule has 0 aromatic rings. The first-order valence-electron chi connectivity index (χ1n) is 20.6. The molecule has 0 bridgehead atoms. The Bertz CT molecular complexity index is 1070. The van der Waals surface area contributed by atoms with Gasteiger partial charge in [-0.1, -0.05) is 177 Å². The highest BCUT2D eigenvalue weighted by Gasteiger charge is 2.24. The molecule has 0 spiro atoms. The van der Waals surface area contributed by atoms with Crippen molar-refractivity contribution in [2.75, 3.05) is 5.75 Å². The summed E-state index contributed by atoms with van der Waals surface area (Å²) >= 11 is 0. The molecule has 0 aromatic heterocycles. The van der Waals surface area contributed by atoms with Crippen molar-refractivity contribution in [3.05, 3.63) is 72.9 Å². The monoisotopic (exact) mass is 732 g/mol. The molecule has 0 radical (unpaired) electrons. The quantitative estimate of drug-likeness (QED) is 0.0338. The summed E-state index contributed by atoms with van der Waals surface area (Å²) in [4.78, 5) is 12.5. The average molecular weight is 732 g/mol. The number of rotatable bonds is 36. The van der Waals surface area contributed by atoms with Gasteiger partial charge in [-0.2, -0.15) is 8.42 Å². The van der Waals surface area contributed by atoms with Crippen LogP contribution in [0.3, 0.4) is 0 Å². The van der Waals surface area contributed by atoms with E-state index in [0.29, 0.717) is 6.42 Å². The minimum absolute atomic E-state index is 0.279. The van der Waals surface area contributed by atoms with Crippen molar-refractivity contribution in [3.8, 4) is 0 Å². The van der Waals surface area contributed by atoms with Gasteiger partial charge < -0.3 is 10.4 Å². The summed E-state index contributed by atoms with van der Waals surface area (Å²) in [5.41, 5.74) is 0. The normalized spacial score (nSPS) is 14.0. The lowest BCUT2D eigenvalue weighted by Gasteiger charge is -2.21. The molecule has 2 unspecified atom stereocenters. The molecule has 0 heterocycles. The molecule has 0 aromatic carbocycles. The zero-order chi connectivity index (χ0) is 37.5. The summed E-state index contributed by atoms with van der Waals surface area (Å²) in [7, 11) is -4.36. The minimum Gasteiger partial charge on any atom is -0.387 e. The highest BCUT2D eigenvalue weighted by molar-refractivity contribution is 7.85. The van der Waals surface area contributed by atoms with E-state index in [4.69, 9.17) is 0 Å². The van der Waals surface area contributed by atoms with Crippen molar-refractivity contribution in [3.63, 3.8) is 0 Å². The Hall–Kier alpha value is -2.22. The second-order valence-corrected chi connectivity index (χ2v) is 15.4. The number of aliphatic hydroxyl groups excluding tert-OH is 1. The van der Waals surface area contributed by atoms with E-state index in [-0.39, 0.29) is 12.3 Å². The Labute approximate surface area is 314 Å². The standard InChI is InChI=1S/C44H77NO5S/c1-3-5-7-9-11-13-15-17-18-19-20-21-22-23-24-25-26-28-30-32-34-36-38-40-44(47)45-42(41-51(48,49)50)43(46)39-37-35-33-31-29-27-16-14-12-10-8-6-4-2/h5,7,11,13,17-18,20-21,29,31,37,39,42-43,46H,3-4,6,8-10,12,14-16,19,22-28,30,32-36,38,40-41H2,1-2H3,(H,45,47)(H,48,49,50)/b7-5-,13-11-,18-17-,21-20-,31-29+,39-37+. The van der Waals surface area contributed by atoms with E-state index < -0.39 is 28.0 Å². The number of hydrogen-bond acceptors (Lipinski definition) is 4. The Kier molecular flexibility index (Phi) is 35.9. The zero-order valence-corrected chi connectivity index (χ0v) is 33.5. The lowest BCUT2D eigenvalue weighted by atomic mass is 10.0. The highest BCUT2D eigenvalue weighted by Crippen LogP contribution is 2.13. The molecule has 0 aliphatic carbocycles. The molecule has 294 valence electrons. The zero-order valence-electron chi connectivity index (χ0n) is 32.7. The molecule has 0 saturated heterocycles. The van der Waals surface area contributed by atoms with E-state index in [1.165, 1.54) is 89.5 Å². The number of unbranched alkanes of at least 4 members (excludes halogenated alkanes) is 18. The van der Waals surface area contributed by atoms with Crippen LogP contribution >= 0.6 is 0 Å². The summed E-state index contributed by atoms with van der Waals surface area (Å²) in [5.74, 6) is -1.01. The Morgan fingerprint density at radius 3 is 1.47 bits per heavy atom. The van der Waals surface area contributed by atoms with Gasteiger partial charge in [-0.3, -0.25) is 9.35 Å². The maximum atomic E-state index is 12.5. The predicted octanol–water partition coefficient (Wildman–Crippen LogP) is 12.2. The Morgan fingerprint density at radius 1 is 0.549 bits per heavy atom. The maximum absolute atomic E-state index is 12.5. The van der Waals surface area contributed by atoms with Crippen LogP contribution in [-0.4, -0.2) is 41.9 Å². The summed E-state index contributed by atoms with van der Waals surface area (Å²) in [5, 5.41) is 13.2. The van der Waals surface area contributed by atoms with Gasteiger partial charge in [0.2, 0.25) is 5.91 Å². The van der Waals surface area contributed by atoms with Gasteiger partial charge in [-0.15, -0.1) is 0 Å². The van der Waals surface area contributed by atoms with E-state index in [0.717, 1.165) is 70.6 Å². The number of nitrogens with one attached hydrogen (secondary N) is 1. The topological polar surface area (TPSA) is 104 Å². The minimum atomic E-state index is -4.36. The lowest BCUT2D eigenvalue weighted by molar-refractivity contribution is -0.122. The van der Waals surface area contributed by atoms with Gasteiger partial charge in [-0.05, 0) is 70.6 Å². The molecule has 7 heteroatoms. The summed E-state index contributed by atoms with van der Waals surface area (Å²) < 4.78 is 32.4. The second-order valence-electron chi connectivity index (χ2n) is 13.9. The van der Waals surface area contributed by atoms with Crippen LogP contribution in [0.1, 0.15) is 181 Å².